The maximum atomic E-state index is 12.6. The summed E-state index contributed by atoms with van der Waals surface area (Å²) in [6, 6.07) is 9.39. The van der Waals surface area contributed by atoms with E-state index in [4.69, 9.17) is 10.7 Å². The number of aliphatic imine (C=N–C) groups is 1. The van der Waals surface area contributed by atoms with Crippen molar-refractivity contribution in [3.05, 3.63) is 35.9 Å². The predicted molar refractivity (Wildman–Crippen MR) is 75.1 cm³/mol. The van der Waals surface area contributed by atoms with Crippen LogP contribution in [0.2, 0.25) is 0 Å². The summed E-state index contributed by atoms with van der Waals surface area (Å²) in [4.78, 5) is 30.1. The van der Waals surface area contributed by atoms with E-state index in [9.17, 15) is 9.59 Å². The van der Waals surface area contributed by atoms with Crippen molar-refractivity contribution in [2.75, 3.05) is 6.54 Å². The van der Waals surface area contributed by atoms with Crippen molar-refractivity contribution in [3.8, 4) is 0 Å². The fourth-order valence-corrected chi connectivity index (χ4v) is 3.11. The molecule has 0 saturated heterocycles. The van der Waals surface area contributed by atoms with E-state index >= 15 is 0 Å². The lowest BCUT2D eigenvalue weighted by molar-refractivity contribution is -0.133. The van der Waals surface area contributed by atoms with Crippen LogP contribution in [0.5, 0.6) is 0 Å². The van der Waals surface area contributed by atoms with Gasteiger partial charge in [0.1, 0.15) is 17.9 Å². The molecule has 1 heterocycles. The first-order chi connectivity index (χ1) is 9.62. The second-order valence-electron chi connectivity index (χ2n) is 5.37. The van der Waals surface area contributed by atoms with Crippen molar-refractivity contribution in [3.63, 3.8) is 0 Å². The molecule has 0 radical (unpaired) electrons. The maximum Gasteiger partial charge on any atom is 0.275 e. The Morgan fingerprint density at radius 3 is 2.50 bits per heavy atom. The van der Waals surface area contributed by atoms with Crippen LogP contribution in [-0.4, -0.2) is 34.6 Å². The Labute approximate surface area is 117 Å². The smallest absolute Gasteiger partial charge is 0.275 e. The van der Waals surface area contributed by atoms with Gasteiger partial charge in [0.05, 0.1) is 0 Å². The van der Waals surface area contributed by atoms with Crippen molar-refractivity contribution >= 4 is 17.5 Å². The van der Waals surface area contributed by atoms with E-state index in [2.05, 4.69) is 0 Å². The van der Waals surface area contributed by atoms with E-state index in [0.29, 0.717) is 5.71 Å². The number of hydrogen-bond acceptors (Lipinski definition) is 3. The summed E-state index contributed by atoms with van der Waals surface area (Å²) in [6.07, 6.45) is 3.66. The minimum atomic E-state index is -0.544. The summed E-state index contributed by atoms with van der Waals surface area (Å²) in [5.41, 5.74) is 6.00. The zero-order valence-corrected chi connectivity index (χ0v) is 11.2. The zero-order chi connectivity index (χ0) is 14.2. The van der Waals surface area contributed by atoms with Crippen molar-refractivity contribution < 1.29 is 9.59 Å². The number of hydrogen-bond donors (Lipinski definition) is 1. The van der Waals surface area contributed by atoms with Gasteiger partial charge in [-0.05, 0) is 25.7 Å². The Hall–Kier alpha value is -2.17. The SMILES string of the molecule is NC(=O)CN1C(=O)C(c2ccccc2)=NC12CCCC2. The van der Waals surface area contributed by atoms with Crippen LogP contribution in [0, 0.1) is 0 Å². The molecule has 2 aliphatic rings. The van der Waals surface area contributed by atoms with Crippen LogP contribution in [0.4, 0.5) is 0 Å². The second kappa shape index (κ2) is 4.74. The monoisotopic (exact) mass is 271 g/mol. The van der Waals surface area contributed by atoms with Crippen LogP contribution >= 0.6 is 0 Å². The van der Waals surface area contributed by atoms with E-state index < -0.39 is 11.6 Å². The van der Waals surface area contributed by atoms with Crippen LogP contribution in [0.1, 0.15) is 31.2 Å². The number of nitrogens with zero attached hydrogens (tertiary/aromatic N) is 2. The van der Waals surface area contributed by atoms with Gasteiger partial charge in [0.15, 0.2) is 0 Å². The molecule has 3 rings (SSSR count). The third-order valence-corrected chi connectivity index (χ3v) is 4.04. The lowest BCUT2D eigenvalue weighted by Crippen LogP contribution is -2.49. The van der Waals surface area contributed by atoms with Crippen LogP contribution in [0.15, 0.2) is 35.3 Å². The number of amides is 2. The highest BCUT2D eigenvalue weighted by Crippen LogP contribution is 2.40. The Morgan fingerprint density at radius 1 is 1.25 bits per heavy atom. The number of nitrogens with two attached hydrogens (primary N) is 1. The fourth-order valence-electron chi connectivity index (χ4n) is 3.11. The molecule has 0 bridgehead atoms. The molecule has 2 amide bonds. The Kier molecular flexibility index (Phi) is 3.04. The summed E-state index contributed by atoms with van der Waals surface area (Å²) >= 11 is 0. The third kappa shape index (κ3) is 1.99. The first kappa shape index (κ1) is 12.8. The zero-order valence-electron chi connectivity index (χ0n) is 11.2. The molecule has 1 fully saturated rings. The topological polar surface area (TPSA) is 75.8 Å². The van der Waals surface area contributed by atoms with Crippen molar-refractivity contribution in [2.24, 2.45) is 10.7 Å². The highest BCUT2D eigenvalue weighted by atomic mass is 16.2. The summed E-state index contributed by atoms with van der Waals surface area (Å²) in [5.74, 6) is -0.675. The molecule has 5 nitrogen and oxygen atoms in total. The lowest BCUT2D eigenvalue weighted by Gasteiger charge is -2.31. The standard InChI is InChI=1S/C15H17N3O2/c16-12(19)10-18-14(20)13(11-6-2-1-3-7-11)17-15(18)8-4-5-9-15/h1-3,6-7H,4-5,8-10H2,(H2,16,19). The van der Waals surface area contributed by atoms with Gasteiger partial charge in [0, 0.05) is 5.56 Å². The quantitative estimate of drug-likeness (QED) is 0.893. The molecule has 1 aromatic rings. The molecule has 104 valence electrons. The third-order valence-electron chi connectivity index (χ3n) is 4.04. The number of rotatable bonds is 3. The Balaban J connectivity index is 2.00. The van der Waals surface area contributed by atoms with E-state index in [-0.39, 0.29) is 12.5 Å². The molecule has 20 heavy (non-hydrogen) atoms. The number of carbonyl (C=O) groups excluding carboxylic acids is 2. The molecule has 1 saturated carbocycles. The maximum absolute atomic E-state index is 12.6. The summed E-state index contributed by atoms with van der Waals surface area (Å²) in [6.45, 7) is -0.0569. The van der Waals surface area contributed by atoms with Gasteiger partial charge in [-0.25, -0.2) is 0 Å². The Morgan fingerprint density at radius 2 is 1.90 bits per heavy atom. The first-order valence-electron chi connectivity index (χ1n) is 6.88. The summed E-state index contributed by atoms with van der Waals surface area (Å²) in [7, 11) is 0. The molecular formula is C15H17N3O2. The molecule has 0 atom stereocenters. The first-order valence-corrected chi connectivity index (χ1v) is 6.88. The number of benzene rings is 1. The van der Waals surface area contributed by atoms with Crippen LogP contribution in [0.3, 0.4) is 0 Å². The Bertz CT molecular complexity index is 574. The van der Waals surface area contributed by atoms with Crippen molar-refractivity contribution in [2.45, 2.75) is 31.3 Å². The molecular weight excluding hydrogens is 254 g/mol. The van der Waals surface area contributed by atoms with Gasteiger partial charge in [-0.2, -0.15) is 0 Å². The van der Waals surface area contributed by atoms with Crippen molar-refractivity contribution in [1.82, 2.24) is 4.90 Å². The van der Waals surface area contributed by atoms with Gasteiger partial charge in [0.2, 0.25) is 5.91 Å². The molecule has 1 spiro atoms. The highest BCUT2D eigenvalue weighted by Gasteiger charge is 2.49. The molecule has 1 aliphatic heterocycles. The van der Waals surface area contributed by atoms with Gasteiger partial charge >= 0.3 is 0 Å². The minimum absolute atomic E-state index is 0.0569. The largest absolute Gasteiger partial charge is 0.368 e. The molecule has 1 aliphatic carbocycles. The van der Waals surface area contributed by atoms with E-state index in [0.717, 1.165) is 31.2 Å². The van der Waals surface area contributed by atoms with Gasteiger partial charge in [-0.1, -0.05) is 30.3 Å². The molecule has 0 unspecified atom stereocenters. The minimum Gasteiger partial charge on any atom is -0.368 e. The predicted octanol–water partition coefficient (Wildman–Crippen LogP) is 1.07. The molecule has 1 aromatic carbocycles. The molecule has 2 N–H and O–H groups in total. The highest BCUT2D eigenvalue weighted by molar-refractivity contribution is 6.47. The van der Waals surface area contributed by atoms with Gasteiger partial charge in [0.25, 0.3) is 5.91 Å². The van der Waals surface area contributed by atoms with Crippen molar-refractivity contribution in [1.29, 1.82) is 0 Å². The lowest BCUT2D eigenvalue weighted by atomic mass is 10.1. The molecule has 5 heteroatoms. The van der Waals surface area contributed by atoms with E-state index in [1.807, 2.05) is 30.3 Å². The van der Waals surface area contributed by atoms with Crippen LogP contribution < -0.4 is 5.73 Å². The van der Waals surface area contributed by atoms with E-state index in [1.54, 1.807) is 4.90 Å². The number of carbonyl (C=O) groups is 2. The van der Waals surface area contributed by atoms with Gasteiger partial charge in [-0.15, -0.1) is 0 Å². The van der Waals surface area contributed by atoms with E-state index in [1.165, 1.54) is 0 Å². The summed E-state index contributed by atoms with van der Waals surface area (Å²) in [5, 5.41) is 0. The van der Waals surface area contributed by atoms with Gasteiger partial charge in [-0.3, -0.25) is 14.6 Å². The fraction of sp³-hybridized carbons (Fsp3) is 0.400. The molecule has 0 aromatic heterocycles. The number of primary amides is 1. The average Bonchev–Trinajstić information content (AvgIpc) is 3.01. The van der Waals surface area contributed by atoms with Crippen LogP contribution in [-0.2, 0) is 9.59 Å². The summed E-state index contributed by atoms with van der Waals surface area (Å²) < 4.78 is 0. The average molecular weight is 271 g/mol. The van der Waals surface area contributed by atoms with Gasteiger partial charge < -0.3 is 10.6 Å². The second-order valence-corrected chi connectivity index (χ2v) is 5.37. The normalized spacial score (nSPS) is 20.5. The van der Waals surface area contributed by atoms with Crippen LogP contribution in [0.25, 0.3) is 0 Å².